The molecule has 0 aliphatic carbocycles. The SMILES string of the molecule is C=CCNC(=O)c1c(C(=O)c2ccccc2)cc(C(N)=O)c(C(N)=O)c1C(=O)NCC=C. The fraction of sp³-hybridized carbons (Fsp3) is 0.0870. The zero-order valence-electron chi connectivity index (χ0n) is 17.1. The lowest BCUT2D eigenvalue weighted by Gasteiger charge is -2.19. The van der Waals surface area contributed by atoms with E-state index in [1.807, 2.05) is 0 Å². The molecule has 0 saturated heterocycles. The molecule has 0 spiro atoms. The third kappa shape index (κ3) is 4.96. The number of carbonyl (C=O) groups is 5. The van der Waals surface area contributed by atoms with Crippen LogP contribution in [0.3, 0.4) is 0 Å². The normalized spacial score (nSPS) is 10.0. The Hall–Kier alpha value is -4.53. The molecule has 0 aliphatic rings. The summed E-state index contributed by atoms with van der Waals surface area (Å²) in [7, 11) is 0. The Morgan fingerprint density at radius 1 is 0.750 bits per heavy atom. The number of primary amides is 2. The fourth-order valence-corrected chi connectivity index (χ4v) is 3.03. The number of amides is 4. The van der Waals surface area contributed by atoms with Gasteiger partial charge in [-0.25, -0.2) is 0 Å². The van der Waals surface area contributed by atoms with Crippen molar-refractivity contribution in [2.75, 3.05) is 13.1 Å². The summed E-state index contributed by atoms with van der Waals surface area (Å²) >= 11 is 0. The fourth-order valence-electron chi connectivity index (χ4n) is 3.03. The minimum absolute atomic E-state index is 0.00892. The van der Waals surface area contributed by atoms with Crippen molar-refractivity contribution in [2.24, 2.45) is 11.5 Å². The van der Waals surface area contributed by atoms with Gasteiger partial charge in [0.2, 0.25) is 11.8 Å². The molecule has 0 saturated carbocycles. The maximum absolute atomic E-state index is 13.3. The minimum Gasteiger partial charge on any atom is -0.366 e. The number of ketones is 1. The summed E-state index contributed by atoms with van der Waals surface area (Å²) in [5, 5.41) is 4.92. The summed E-state index contributed by atoms with van der Waals surface area (Å²) in [5.74, 6) is -4.68. The number of hydrogen-bond acceptors (Lipinski definition) is 5. The van der Waals surface area contributed by atoms with E-state index in [0.29, 0.717) is 0 Å². The second-order valence-electron chi connectivity index (χ2n) is 6.52. The molecule has 32 heavy (non-hydrogen) atoms. The lowest BCUT2D eigenvalue weighted by molar-refractivity contribution is 0.0909. The first kappa shape index (κ1) is 23.7. The van der Waals surface area contributed by atoms with Crippen LogP contribution in [0.2, 0.25) is 0 Å². The van der Waals surface area contributed by atoms with E-state index in [9.17, 15) is 24.0 Å². The van der Waals surface area contributed by atoms with Crippen molar-refractivity contribution in [3.05, 3.63) is 95.1 Å². The van der Waals surface area contributed by atoms with E-state index in [2.05, 4.69) is 23.8 Å². The molecule has 0 fully saturated rings. The van der Waals surface area contributed by atoms with Crippen LogP contribution in [-0.2, 0) is 0 Å². The maximum Gasteiger partial charge on any atom is 0.253 e. The Morgan fingerprint density at radius 3 is 1.75 bits per heavy atom. The van der Waals surface area contributed by atoms with Crippen LogP contribution >= 0.6 is 0 Å². The van der Waals surface area contributed by atoms with E-state index in [4.69, 9.17) is 11.5 Å². The van der Waals surface area contributed by atoms with Gasteiger partial charge in [0, 0.05) is 24.2 Å². The number of nitrogens with one attached hydrogen (secondary N) is 2. The quantitative estimate of drug-likeness (QED) is 0.323. The highest BCUT2D eigenvalue weighted by Gasteiger charge is 2.33. The smallest absolute Gasteiger partial charge is 0.253 e. The predicted molar refractivity (Wildman–Crippen MR) is 118 cm³/mol. The van der Waals surface area contributed by atoms with Gasteiger partial charge >= 0.3 is 0 Å². The summed E-state index contributed by atoms with van der Waals surface area (Å²) in [4.78, 5) is 63.7. The molecule has 164 valence electrons. The van der Waals surface area contributed by atoms with Gasteiger partial charge in [0.05, 0.1) is 22.3 Å². The Bertz CT molecular complexity index is 1120. The van der Waals surface area contributed by atoms with Crippen molar-refractivity contribution in [1.29, 1.82) is 0 Å². The van der Waals surface area contributed by atoms with Crippen molar-refractivity contribution in [2.45, 2.75) is 0 Å². The van der Waals surface area contributed by atoms with E-state index in [-0.39, 0.29) is 24.2 Å². The van der Waals surface area contributed by atoms with Gasteiger partial charge in [0.25, 0.3) is 11.8 Å². The Morgan fingerprint density at radius 2 is 1.28 bits per heavy atom. The van der Waals surface area contributed by atoms with Crippen molar-refractivity contribution in [3.63, 3.8) is 0 Å². The molecular formula is C23H22N4O5. The van der Waals surface area contributed by atoms with Gasteiger partial charge < -0.3 is 22.1 Å². The van der Waals surface area contributed by atoms with Crippen molar-refractivity contribution >= 4 is 29.4 Å². The molecule has 4 amide bonds. The van der Waals surface area contributed by atoms with E-state index in [1.165, 1.54) is 24.3 Å². The zero-order valence-corrected chi connectivity index (χ0v) is 17.1. The second-order valence-corrected chi connectivity index (χ2v) is 6.52. The molecular weight excluding hydrogens is 412 g/mol. The Balaban J connectivity index is 2.98. The van der Waals surface area contributed by atoms with Crippen LogP contribution in [0.25, 0.3) is 0 Å². The molecule has 0 radical (unpaired) electrons. The van der Waals surface area contributed by atoms with E-state index < -0.39 is 51.7 Å². The van der Waals surface area contributed by atoms with Gasteiger partial charge in [-0.3, -0.25) is 24.0 Å². The van der Waals surface area contributed by atoms with Crippen LogP contribution in [0, 0.1) is 0 Å². The molecule has 2 aromatic carbocycles. The average molecular weight is 434 g/mol. The van der Waals surface area contributed by atoms with Crippen LogP contribution in [0.5, 0.6) is 0 Å². The minimum atomic E-state index is -1.17. The molecule has 0 heterocycles. The maximum atomic E-state index is 13.3. The van der Waals surface area contributed by atoms with Gasteiger partial charge in [-0.1, -0.05) is 42.5 Å². The van der Waals surface area contributed by atoms with Gasteiger partial charge in [0.15, 0.2) is 5.78 Å². The highest BCUT2D eigenvalue weighted by Crippen LogP contribution is 2.26. The first-order valence-corrected chi connectivity index (χ1v) is 9.43. The van der Waals surface area contributed by atoms with Crippen molar-refractivity contribution in [1.82, 2.24) is 10.6 Å². The molecule has 0 aromatic heterocycles. The third-order valence-electron chi connectivity index (χ3n) is 4.39. The number of benzene rings is 2. The summed E-state index contributed by atoms with van der Waals surface area (Å²) in [6, 6.07) is 8.90. The predicted octanol–water partition coefficient (Wildman–Crippen LogP) is 0.947. The molecule has 2 rings (SSSR count). The summed E-state index contributed by atoms with van der Waals surface area (Å²) in [5.41, 5.74) is 8.79. The zero-order chi connectivity index (χ0) is 23.8. The summed E-state index contributed by atoms with van der Waals surface area (Å²) in [6.07, 6.45) is 2.76. The Kier molecular flexibility index (Phi) is 7.78. The second kappa shape index (κ2) is 10.5. The molecule has 9 nitrogen and oxygen atoms in total. The third-order valence-corrected chi connectivity index (χ3v) is 4.39. The topological polar surface area (TPSA) is 161 Å². The van der Waals surface area contributed by atoms with Gasteiger partial charge in [-0.2, -0.15) is 0 Å². The molecule has 0 unspecified atom stereocenters. The van der Waals surface area contributed by atoms with E-state index in [1.54, 1.807) is 18.2 Å². The number of nitrogens with two attached hydrogens (primary N) is 2. The monoisotopic (exact) mass is 434 g/mol. The first-order valence-electron chi connectivity index (χ1n) is 9.43. The molecule has 0 bridgehead atoms. The first-order chi connectivity index (χ1) is 15.2. The van der Waals surface area contributed by atoms with Crippen molar-refractivity contribution < 1.29 is 24.0 Å². The highest BCUT2D eigenvalue weighted by atomic mass is 16.2. The largest absolute Gasteiger partial charge is 0.366 e. The van der Waals surface area contributed by atoms with E-state index in [0.717, 1.165) is 6.07 Å². The highest BCUT2D eigenvalue weighted by molar-refractivity contribution is 6.24. The van der Waals surface area contributed by atoms with Crippen molar-refractivity contribution in [3.8, 4) is 0 Å². The molecule has 6 N–H and O–H groups in total. The van der Waals surface area contributed by atoms with Gasteiger partial charge in [-0.05, 0) is 6.07 Å². The van der Waals surface area contributed by atoms with Crippen LogP contribution in [0.15, 0.2) is 61.7 Å². The van der Waals surface area contributed by atoms with Crippen LogP contribution < -0.4 is 22.1 Å². The molecule has 2 aromatic rings. The molecule has 0 aliphatic heterocycles. The average Bonchev–Trinajstić information content (AvgIpc) is 2.79. The van der Waals surface area contributed by atoms with Crippen LogP contribution in [-0.4, -0.2) is 42.5 Å². The standard InChI is InChI=1S/C23H22N4O5/c1-3-10-26-22(31)17-14(19(28)13-8-6-5-7-9-13)12-15(20(24)29)16(21(25)30)18(17)23(32)27-11-4-2/h3-9,12H,1-2,10-11H2,(H2,24,29)(H2,25,30)(H,26,31)(H,27,32). The van der Waals surface area contributed by atoms with Gasteiger partial charge in [-0.15, -0.1) is 13.2 Å². The number of hydrogen-bond donors (Lipinski definition) is 4. The molecule has 9 heteroatoms. The summed E-state index contributed by atoms with van der Waals surface area (Å²) in [6.45, 7) is 6.98. The molecule has 0 atom stereocenters. The van der Waals surface area contributed by atoms with Crippen LogP contribution in [0.1, 0.15) is 57.4 Å². The van der Waals surface area contributed by atoms with Crippen LogP contribution in [0.4, 0.5) is 0 Å². The number of carbonyl (C=O) groups excluding carboxylic acids is 5. The van der Waals surface area contributed by atoms with E-state index >= 15 is 0 Å². The van der Waals surface area contributed by atoms with Gasteiger partial charge in [0.1, 0.15) is 0 Å². The Labute approximate surface area is 184 Å². The lowest BCUT2D eigenvalue weighted by atomic mass is 9.86. The number of rotatable bonds is 10. The summed E-state index contributed by atoms with van der Waals surface area (Å²) < 4.78 is 0. The lowest BCUT2D eigenvalue weighted by Crippen LogP contribution is -2.36.